The van der Waals surface area contributed by atoms with Gasteiger partial charge in [0.2, 0.25) is 5.95 Å². The summed E-state index contributed by atoms with van der Waals surface area (Å²) in [4.78, 5) is 21.7. The fraction of sp³-hybridized carbons (Fsp3) is 0.444. The normalized spacial score (nSPS) is 13.0. The Bertz CT molecular complexity index is 595. The third-order valence-electron chi connectivity index (χ3n) is 2.22. The molecule has 1 atom stereocenters. The molecule has 4 N–H and O–H groups in total. The van der Waals surface area contributed by atoms with E-state index in [9.17, 15) is 4.79 Å². The molecule has 0 aromatic carbocycles. The molecule has 0 aliphatic heterocycles. The first-order chi connectivity index (χ1) is 8.61. The van der Waals surface area contributed by atoms with Crippen molar-refractivity contribution in [2.45, 2.75) is 12.1 Å². The highest BCUT2D eigenvalue weighted by atomic mass is 35.5. The van der Waals surface area contributed by atoms with Gasteiger partial charge in [0.1, 0.15) is 6.73 Å². The van der Waals surface area contributed by atoms with Gasteiger partial charge in [-0.15, -0.1) is 11.6 Å². The molecule has 0 amide bonds. The van der Waals surface area contributed by atoms with Crippen molar-refractivity contribution in [3.63, 3.8) is 0 Å². The molecule has 0 spiro atoms. The number of rotatable bonds is 5. The van der Waals surface area contributed by atoms with Gasteiger partial charge in [-0.25, -0.2) is 4.98 Å². The number of aliphatic hydroxyl groups is 1. The van der Waals surface area contributed by atoms with E-state index >= 15 is 0 Å². The Morgan fingerprint density at radius 3 is 3.17 bits per heavy atom. The number of hydrogen-bond acceptors (Lipinski definition) is 6. The van der Waals surface area contributed by atoms with E-state index < -0.39 is 10.9 Å². The zero-order chi connectivity index (χ0) is 13.1. The predicted molar refractivity (Wildman–Crippen MR) is 65.2 cm³/mol. The number of alkyl halides is 1. The van der Waals surface area contributed by atoms with Crippen molar-refractivity contribution < 1.29 is 9.84 Å². The van der Waals surface area contributed by atoms with E-state index in [4.69, 9.17) is 27.2 Å². The summed E-state index contributed by atoms with van der Waals surface area (Å²) in [6.45, 7) is 0.128. The highest BCUT2D eigenvalue weighted by molar-refractivity contribution is 6.20. The molecule has 8 nitrogen and oxygen atoms in total. The topological polar surface area (TPSA) is 119 Å². The first kappa shape index (κ1) is 12.8. The lowest BCUT2D eigenvalue weighted by molar-refractivity contribution is 0.0700. The molecule has 0 fully saturated rings. The number of H-pyrrole nitrogens is 1. The summed E-state index contributed by atoms with van der Waals surface area (Å²) in [5.41, 5.74) is 5.58. The van der Waals surface area contributed by atoms with Gasteiger partial charge in [-0.05, 0) is 0 Å². The molecule has 0 aliphatic carbocycles. The number of ether oxygens (including phenoxy) is 1. The van der Waals surface area contributed by atoms with Crippen LogP contribution in [0.2, 0.25) is 0 Å². The van der Waals surface area contributed by atoms with E-state index in [-0.39, 0.29) is 31.4 Å². The number of nitrogens with two attached hydrogens (primary N) is 1. The predicted octanol–water partition coefficient (Wildman–Crippen LogP) is -0.724. The monoisotopic (exact) mass is 273 g/mol. The van der Waals surface area contributed by atoms with Gasteiger partial charge in [-0.2, -0.15) is 4.98 Å². The van der Waals surface area contributed by atoms with Crippen LogP contribution in [0, 0.1) is 0 Å². The Kier molecular flexibility index (Phi) is 3.80. The first-order valence-electron chi connectivity index (χ1n) is 5.15. The first-order valence-corrected chi connectivity index (χ1v) is 5.58. The fourth-order valence-electron chi connectivity index (χ4n) is 1.40. The highest BCUT2D eigenvalue weighted by Gasteiger charge is 2.09. The van der Waals surface area contributed by atoms with Crippen molar-refractivity contribution in [2.24, 2.45) is 0 Å². The number of imidazole rings is 1. The molecule has 2 rings (SSSR count). The number of nitrogen functional groups attached to an aromatic ring is 1. The van der Waals surface area contributed by atoms with E-state index in [2.05, 4.69) is 15.0 Å². The molecule has 0 radical (unpaired) electrons. The van der Waals surface area contributed by atoms with Gasteiger partial charge in [-0.1, -0.05) is 0 Å². The maximum atomic E-state index is 11.5. The van der Waals surface area contributed by atoms with Gasteiger partial charge < -0.3 is 15.6 Å². The van der Waals surface area contributed by atoms with Gasteiger partial charge in [0.25, 0.3) is 5.56 Å². The summed E-state index contributed by atoms with van der Waals surface area (Å²) in [6, 6.07) is 0. The Labute approximate surface area is 106 Å². The van der Waals surface area contributed by atoms with Crippen molar-refractivity contribution >= 4 is 28.7 Å². The van der Waals surface area contributed by atoms with Crippen LogP contribution in [0.1, 0.15) is 0 Å². The average Bonchev–Trinajstić information content (AvgIpc) is 2.72. The fourth-order valence-corrected chi connectivity index (χ4v) is 1.49. The molecule has 0 bridgehead atoms. The lowest BCUT2D eigenvalue weighted by Crippen LogP contribution is -2.16. The van der Waals surface area contributed by atoms with Crippen molar-refractivity contribution in [3.8, 4) is 0 Å². The summed E-state index contributed by atoms with van der Waals surface area (Å²) < 4.78 is 6.79. The second kappa shape index (κ2) is 5.34. The Hall–Kier alpha value is -1.64. The quantitative estimate of drug-likeness (QED) is 0.618. The highest BCUT2D eigenvalue weighted by Crippen LogP contribution is 2.06. The van der Waals surface area contributed by atoms with Gasteiger partial charge in [0, 0.05) is 0 Å². The third kappa shape index (κ3) is 2.61. The number of halogens is 1. The number of anilines is 1. The minimum Gasteiger partial charge on any atom is -0.395 e. The molecule has 0 saturated heterocycles. The molecular formula is C9H12ClN5O3. The molecular weight excluding hydrogens is 262 g/mol. The Morgan fingerprint density at radius 1 is 1.67 bits per heavy atom. The number of aliphatic hydroxyl groups excluding tert-OH is 1. The number of hydrogen-bond donors (Lipinski definition) is 3. The zero-order valence-corrected chi connectivity index (χ0v) is 10.1. The average molecular weight is 274 g/mol. The standard InChI is InChI=1S/C9H12ClN5O3/c10-5(1-16)2-18-4-15-3-12-6-7(15)13-9(11)14-8(6)17/h3,5,16H,1-2,4H2,(H3,11,13,14,17)/t5-/m1/s1. The minimum absolute atomic E-state index is 0.0137. The van der Waals surface area contributed by atoms with Gasteiger partial charge in [0.05, 0.1) is 24.9 Å². The van der Waals surface area contributed by atoms with E-state index in [1.807, 2.05) is 0 Å². The van der Waals surface area contributed by atoms with Crippen molar-refractivity contribution in [3.05, 3.63) is 16.7 Å². The van der Waals surface area contributed by atoms with E-state index in [0.29, 0.717) is 5.65 Å². The van der Waals surface area contributed by atoms with Crippen LogP contribution in [0.4, 0.5) is 5.95 Å². The molecule has 0 aliphatic rings. The minimum atomic E-state index is -0.471. The molecule has 98 valence electrons. The third-order valence-corrected chi connectivity index (χ3v) is 2.48. The summed E-state index contributed by atoms with van der Waals surface area (Å²) in [5, 5.41) is 8.26. The molecule has 2 aromatic rings. The Morgan fingerprint density at radius 2 is 2.44 bits per heavy atom. The summed E-state index contributed by atoms with van der Waals surface area (Å²) >= 11 is 5.68. The van der Waals surface area contributed by atoms with Crippen LogP contribution in [0.3, 0.4) is 0 Å². The molecule has 0 unspecified atom stereocenters. The van der Waals surface area contributed by atoms with Crippen molar-refractivity contribution in [2.75, 3.05) is 18.9 Å². The maximum Gasteiger partial charge on any atom is 0.280 e. The molecule has 0 saturated carbocycles. The molecule has 2 aromatic heterocycles. The second-order valence-electron chi connectivity index (χ2n) is 3.62. The van der Waals surface area contributed by atoms with Crippen LogP contribution in [-0.4, -0.2) is 43.2 Å². The number of nitrogens with zero attached hydrogens (tertiary/aromatic N) is 3. The van der Waals surface area contributed by atoms with Crippen LogP contribution in [0.25, 0.3) is 11.2 Å². The van der Waals surface area contributed by atoms with Crippen LogP contribution in [-0.2, 0) is 11.5 Å². The summed E-state index contributed by atoms with van der Waals surface area (Å²) in [7, 11) is 0. The maximum absolute atomic E-state index is 11.5. The van der Waals surface area contributed by atoms with Crippen LogP contribution >= 0.6 is 11.6 Å². The lowest BCUT2D eigenvalue weighted by atomic mass is 10.5. The molecule has 9 heteroatoms. The zero-order valence-electron chi connectivity index (χ0n) is 9.34. The lowest BCUT2D eigenvalue weighted by Gasteiger charge is -2.08. The number of aromatic amines is 1. The molecule has 18 heavy (non-hydrogen) atoms. The van der Waals surface area contributed by atoms with Gasteiger partial charge in [-0.3, -0.25) is 14.3 Å². The van der Waals surface area contributed by atoms with E-state index in [1.165, 1.54) is 10.9 Å². The second-order valence-corrected chi connectivity index (χ2v) is 4.23. The van der Waals surface area contributed by atoms with Crippen molar-refractivity contribution in [1.29, 1.82) is 0 Å². The number of fused-ring (bicyclic) bond motifs is 1. The van der Waals surface area contributed by atoms with Gasteiger partial charge in [0.15, 0.2) is 11.2 Å². The largest absolute Gasteiger partial charge is 0.395 e. The number of aromatic nitrogens is 4. The van der Waals surface area contributed by atoms with Crippen LogP contribution in [0.15, 0.2) is 11.1 Å². The van der Waals surface area contributed by atoms with Crippen molar-refractivity contribution in [1.82, 2.24) is 19.5 Å². The van der Waals surface area contributed by atoms with Crippen LogP contribution < -0.4 is 11.3 Å². The Balaban J connectivity index is 2.17. The van der Waals surface area contributed by atoms with E-state index in [0.717, 1.165) is 0 Å². The number of nitrogens with one attached hydrogen (secondary N) is 1. The van der Waals surface area contributed by atoms with E-state index in [1.54, 1.807) is 0 Å². The van der Waals surface area contributed by atoms with Gasteiger partial charge >= 0.3 is 0 Å². The smallest absolute Gasteiger partial charge is 0.280 e. The summed E-state index contributed by atoms with van der Waals surface area (Å²) in [5.74, 6) is 0.0137. The summed E-state index contributed by atoms with van der Waals surface area (Å²) in [6.07, 6.45) is 1.43. The SMILES string of the molecule is Nc1nc2c(ncn2COC[C@H](Cl)CO)c(=O)[nH]1. The van der Waals surface area contributed by atoms with Crippen LogP contribution in [0.5, 0.6) is 0 Å². The molecule has 2 heterocycles.